The van der Waals surface area contributed by atoms with Gasteiger partial charge < -0.3 is 20.3 Å². The third-order valence-electron chi connectivity index (χ3n) is 4.24. The number of nitrogens with zero attached hydrogens (tertiary/aromatic N) is 2. The highest BCUT2D eigenvalue weighted by Crippen LogP contribution is 2.13. The van der Waals surface area contributed by atoms with Gasteiger partial charge in [0.15, 0.2) is 5.96 Å². The number of guanidine groups is 1. The lowest BCUT2D eigenvalue weighted by Gasteiger charge is -2.34. The molecule has 1 heterocycles. The fourth-order valence-corrected chi connectivity index (χ4v) is 3.19. The predicted molar refractivity (Wildman–Crippen MR) is 124 cm³/mol. The van der Waals surface area contributed by atoms with Gasteiger partial charge in [0.05, 0.1) is 12.6 Å². The number of carbonyl (C=O) groups excluding carboxylic acids is 1. The van der Waals surface area contributed by atoms with Gasteiger partial charge in [-0.25, -0.2) is 0 Å². The van der Waals surface area contributed by atoms with E-state index in [1.165, 1.54) is 0 Å². The first kappa shape index (κ1) is 24.2. The Hall–Kier alpha value is -0.870. The monoisotopic (exact) mass is 552 g/mol. The highest BCUT2D eigenvalue weighted by Gasteiger charge is 2.21. The Bertz CT molecular complexity index is 590. The maximum absolute atomic E-state index is 12.1. The van der Waals surface area contributed by atoms with Gasteiger partial charge in [0.2, 0.25) is 0 Å². The molecule has 1 fully saturated rings. The molecule has 0 saturated carbocycles. The summed E-state index contributed by atoms with van der Waals surface area (Å²) in [5, 5.41) is 6.26. The average molecular weight is 553 g/mol. The van der Waals surface area contributed by atoms with Crippen molar-refractivity contribution >= 4 is 51.8 Å². The van der Waals surface area contributed by atoms with E-state index < -0.39 is 0 Å². The molecule has 1 aromatic carbocycles. The van der Waals surface area contributed by atoms with E-state index >= 15 is 0 Å². The van der Waals surface area contributed by atoms with Gasteiger partial charge in [-0.05, 0) is 51.0 Å². The summed E-state index contributed by atoms with van der Waals surface area (Å²) in [4.78, 5) is 19.0. The van der Waals surface area contributed by atoms with E-state index in [4.69, 9.17) is 4.74 Å². The number of likely N-dealkylation sites (tertiary alicyclic amines) is 1. The quantitative estimate of drug-likeness (QED) is 0.236. The number of ether oxygens (including phenoxy) is 1. The van der Waals surface area contributed by atoms with E-state index in [0.717, 1.165) is 49.5 Å². The van der Waals surface area contributed by atoms with Crippen LogP contribution in [-0.4, -0.2) is 62.2 Å². The second-order valence-corrected chi connectivity index (χ2v) is 7.06. The lowest BCUT2D eigenvalue weighted by atomic mass is 10.1. The van der Waals surface area contributed by atoms with Crippen LogP contribution in [0, 0.1) is 0 Å². The number of rotatable bonds is 7. The van der Waals surface area contributed by atoms with Gasteiger partial charge in [-0.15, -0.1) is 24.0 Å². The third-order valence-corrected chi connectivity index (χ3v) is 4.77. The number of hydrogen-bond donors (Lipinski definition) is 2. The van der Waals surface area contributed by atoms with Crippen LogP contribution in [0.5, 0.6) is 0 Å². The highest BCUT2D eigenvalue weighted by atomic mass is 127. The molecule has 1 amide bonds. The molecule has 2 rings (SSSR count). The topological polar surface area (TPSA) is 66.0 Å². The standard InChI is InChI=1S/C19H29BrN4O2.HI/c1-3-21-19(24-13-9-17(10-14-24)26-4-2)23-12-11-22-18(25)15-5-7-16(20)8-6-15;/h5-8,17H,3-4,9-14H2,1-2H3,(H,21,23)(H,22,25);1H. The SMILES string of the molecule is CCNC(=NCCNC(=O)c1ccc(Br)cc1)N1CCC(OCC)CC1.I. The second kappa shape index (κ2) is 13.3. The van der Waals surface area contributed by atoms with Crippen molar-refractivity contribution in [3.8, 4) is 0 Å². The fraction of sp³-hybridized carbons (Fsp3) is 0.579. The van der Waals surface area contributed by atoms with E-state index in [0.29, 0.717) is 24.8 Å². The summed E-state index contributed by atoms with van der Waals surface area (Å²) in [5.74, 6) is 0.843. The number of amides is 1. The molecule has 1 aliphatic rings. The van der Waals surface area contributed by atoms with Gasteiger partial charge >= 0.3 is 0 Å². The second-order valence-electron chi connectivity index (χ2n) is 6.14. The van der Waals surface area contributed by atoms with Crippen molar-refractivity contribution in [1.82, 2.24) is 15.5 Å². The molecular weight excluding hydrogens is 523 g/mol. The van der Waals surface area contributed by atoms with E-state index in [1.54, 1.807) is 12.1 Å². The zero-order chi connectivity index (χ0) is 18.8. The van der Waals surface area contributed by atoms with Crippen molar-refractivity contribution in [2.75, 3.05) is 39.3 Å². The Balaban J connectivity index is 0.00000364. The highest BCUT2D eigenvalue weighted by molar-refractivity contribution is 14.0. The first-order valence-electron chi connectivity index (χ1n) is 9.32. The molecule has 0 aliphatic carbocycles. The van der Waals surface area contributed by atoms with Gasteiger partial charge in [-0.3, -0.25) is 9.79 Å². The Kier molecular flexibility index (Phi) is 11.9. The maximum atomic E-state index is 12.1. The summed E-state index contributed by atoms with van der Waals surface area (Å²) >= 11 is 3.37. The molecule has 1 aromatic rings. The molecule has 152 valence electrons. The number of halogens is 2. The van der Waals surface area contributed by atoms with Gasteiger partial charge in [0.25, 0.3) is 5.91 Å². The number of benzene rings is 1. The largest absolute Gasteiger partial charge is 0.378 e. The van der Waals surface area contributed by atoms with E-state index in [9.17, 15) is 4.79 Å². The zero-order valence-corrected chi connectivity index (χ0v) is 20.0. The van der Waals surface area contributed by atoms with Crippen molar-refractivity contribution in [2.45, 2.75) is 32.8 Å². The smallest absolute Gasteiger partial charge is 0.251 e. The summed E-state index contributed by atoms with van der Waals surface area (Å²) in [6, 6.07) is 7.33. The number of nitrogens with one attached hydrogen (secondary N) is 2. The lowest BCUT2D eigenvalue weighted by Crippen LogP contribution is -2.47. The molecule has 1 saturated heterocycles. The summed E-state index contributed by atoms with van der Waals surface area (Å²) in [5.41, 5.74) is 0.655. The van der Waals surface area contributed by atoms with Crippen LogP contribution in [0.1, 0.15) is 37.0 Å². The first-order valence-corrected chi connectivity index (χ1v) is 10.1. The Morgan fingerprint density at radius 3 is 2.48 bits per heavy atom. The average Bonchev–Trinajstić information content (AvgIpc) is 2.65. The summed E-state index contributed by atoms with van der Waals surface area (Å²) in [6.45, 7) is 8.67. The van der Waals surface area contributed by atoms with Crippen LogP contribution in [0.25, 0.3) is 0 Å². The van der Waals surface area contributed by atoms with Crippen molar-refractivity contribution in [3.63, 3.8) is 0 Å². The third kappa shape index (κ3) is 8.35. The Morgan fingerprint density at radius 1 is 1.22 bits per heavy atom. The van der Waals surface area contributed by atoms with E-state index in [1.807, 2.05) is 19.1 Å². The van der Waals surface area contributed by atoms with Crippen LogP contribution in [-0.2, 0) is 4.74 Å². The molecule has 6 nitrogen and oxygen atoms in total. The molecule has 0 radical (unpaired) electrons. The number of carbonyl (C=O) groups is 1. The van der Waals surface area contributed by atoms with Crippen LogP contribution < -0.4 is 10.6 Å². The summed E-state index contributed by atoms with van der Waals surface area (Å²) in [7, 11) is 0. The molecule has 8 heteroatoms. The van der Waals surface area contributed by atoms with Gasteiger partial charge in [0, 0.05) is 42.8 Å². The zero-order valence-electron chi connectivity index (χ0n) is 16.0. The van der Waals surface area contributed by atoms with Crippen molar-refractivity contribution in [2.24, 2.45) is 4.99 Å². The molecule has 1 aliphatic heterocycles. The molecule has 0 spiro atoms. The van der Waals surface area contributed by atoms with Crippen LogP contribution in [0.2, 0.25) is 0 Å². The van der Waals surface area contributed by atoms with E-state index in [2.05, 4.69) is 43.4 Å². The summed E-state index contributed by atoms with van der Waals surface area (Å²) in [6.07, 6.45) is 2.42. The molecule has 0 atom stereocenters. The van der Waals surface area contributed by atoms with Crippen molar-refractivity contribution in [3.05, 3.63) is 34.3 Å². The van der Waals surface area contributed by atoms with Crippen LogP contribution in [0.3, 0.4) is 0 Å². The predicted octanol–water partition coefficient (Wildman–Crippen LogP) is 3.26. The first-order chi connectivity index (χ1) is 12.6. The maximum Gasteiger partial charge on any atom is 0.251 e. The number of hydrogen-bond acceptors (Lipinski definition) is 3. The molecule has 2 N–H and O–H groups in total. The minimum absolute atomic E-state index is 0. The minimum Gasteiger partial charge on any atom is -0.378 e. The van der Waals surface area contributed by atoms with E-state index in [-0.39, 0.29) is 29.9 Å². The Morgan fingerprint density at radius 2 is 1.89 bits per heavy atom. The molecule has 27 heavy (non-hydrogen) atoms. The van der Waals surface area contributed by atoms with Gasteiger partial charge in [-0.1, -0.05) is 15.9 Å². The van der Waals surface area contributed by atoms with Gasteiger partial charge in [-0.2, -0.15) is 0 Å². The lowest BCUT2D eigenvalue weighted by molar-refractivity contribution is 0.0264. The molecule has 0 bridgehead atoms. The van der Waals surface area contributed by atoms with Crippen LogP contribution in [0.15, 0.2) is 33.7 Å². The molecular formula is C19H30BrIN4O2. The normalized spacial score (nSPS) is 15.2. The molecule has 0 aromatic heterocycles. The van der Waals surface area contributed by atoms with Crippen molar-refractivity contribution in [1.29, 1.82) is 0 Å². The fourth-order valence-electron chi connectivity index (χ4n) is 2.93. The number of piperidine rings is 1. The minimum atomic E-state index is -0.0739. The van der Waals surface area contributed by atoms with Crippen LogP contribution >= 0.6 is 39.9 Å². The van der Waals surface area contributed by atoms with Gasteiger partial charge in [0.1, 0.15) is 0 Å². The van der Waals surface area contributed by atoms with Crippen molar-refractivity contribution < 1.29 is 9.53 Å². The number of aliphatic imine (C=N–C) groups is 1. The van der Waals surface area contributed by atoms with Crippen LogP contribution in [0.4, 0.5) is 0 Å². The summed E-state index contributed by atoms with van der Waals surface area (Å²) < 4.78 is 6.67. The Labute approximate surface area is 187 Å². The molecule has 0 unspecified atom stereocenters.